The van der Waals surface area contributed by atoms with Crippen molar-refractivity contribution in [2.24, 2.45) is 7.05 Å². The van der Waals surface area contributed by atoms with Gasteiger partial charge in [0.15, 0.2) is 0 Å². The quantitative estimate of drug-likeness (QED) is 0.785. The fraction of sp³-hybridized carbons (Fsp3) is 0.700. The summed E-state index contributed by atoms with van der Waals surface area (Å²) in [6.07, 6.45) is 1.09. The minimum absolute atomic E-state index is 0.0586. The van der Waals surface area contributed by atoms with Crippen molar-refractivity contribution >= 4 is 5.82 Å². The van der Waals surface area contributed by atoms with E-state index in [9.17, 15) is 5.11 Å². The van der Waals surface area contributed by atoms with Gasteiger partial charge in [0.25, 0.3) is 0 Å². The molecule has 0 bridgehead atoms. The van der Waals surface area contributed by atoms with Gasteiger partial charge < -0.3 is 10.0 Å². The smallest absolute Gasteiger partial charge is 0.132 e. The van der Waals surface area contributed by atoms with Crippen LogP contribution in [0.4, 0.5) is 5.82 Å². The number of aromatic nitrogens is 2. The van der Waals surface area contributed by atoms with Gasteiger partial charge in [-0.2, -0.15) is 5.10 Å². The Morgan fingerprint density at radius 1 is 1.50 bits per heavy atom. The van der Waals surface area contributed by atoms with Crippen LogP contribution in [0.25, 0.3) is 0 Å². The molecule has 0 unspecified atom stereocenters. The Hall–Kier alpha value is -1.03. The number of rotatable bonds is 4. The molecule has 0 spiro atoms. The van der Waals surface area contributed by atoms with Crippen LogP contribution in [0.2, 0.25) is 0 Å². The van der Waals surface area contributed by atoms with Gasteiger partial charge in [0, 0.05) is 26.2 Å². The maximum atomic E-state index is 9.25. The lowest BCUT2D eigenvalue weighted by molar-refractivity contribution is 0.281. The normalized spacial score (nSPS) is 10.6. The summed E-state index contributed by atoms with van der Waals surface area (Å²) in [4.78, 5) is 2.13. The Bertz CT molecular complexity index is 307. The molecule has 1 aromatic rings. The lowest BCUT2D eigenvalue weighted by atomic mass is 10.2. The van der Waals surface area contributed by atoms with Crippen molar-refractivity contribution in [1.82, 2.24) is 9.78 Å². The van der Waals surface area contributed by atoms with Gasteiger partial charge in [-0.05, 0) is 13.3 Å². The van der Waals surface area contributed by atoms with Gasteiger partial charge in [0.2, 0.25) is 0 Å². The average molecular weight is 197 g/mol. The number of aliphatic hydroxyl groups excluding tert-OH is 1. The monoisotopic (exact) mass is 197 g/mol. The molecule has 0 saturated heterocycles. The average Bonchev–Trinajstić information content (AvgIpc) is 2.40. The Labute approximate surface area is 85.1 Å². The van der Waals surface area contributed by atoms with Crippen LogP contribution in [0.1, 0.15) is 24.6 Å². The van der Waals surface area contributed by atoms with E-state index in [2.05, 4.69) is 16.9 Å². The molecule has 1 aromatic heterocycles. The summed E-state index contributed by atoms with van der Waals surface area (Å²) in [6, 6.07) is 0. The molecule has 80 valence electrons. The van der Waals surface area contributed by atoms with E-state index in [-0.39, 0.29) is 6.61 Å². The number of anilines is 1. The summed E-state index contributed by atoms with van der Waals surface area (Å²) in [5, 5.41) is 13.5. The van der Waals surface area contributed by atoms with Crippen molar-refractivity contribution in [3.63, 3.8) is 0 Å². The van der Waals surface area contributed by atoms with E-state index in [1.54, 1.807) is 0 Å². The molecule has 0 atom stereocenters. The van der Waals surface area contributed by atoms with E-state index >= 15 is 0 Å². The van der Waals surface area contributed by atoms with Crippen molar-refractivity contribution in [3.8, 4) is 0 Å². The summed E-state index contributed by atoms with van der Waals surface area (Å²) in [7, 11) is 3.94. The summed E-state index contributed by atoms with van der Waals surface area (Å²) < 4.78 is 1.83. The van der Waals surface area contributed by atoms with E-state index in [4.69, 9.17) is 0 Å². The molecule has 4 nitrogen and oxygen atoms in total. The minimum atomic E-state index is 0.0586. The Balaban J connectivity index is 3.04. The molecule has 0 aliphatic rings. The molecular weight excluding hydrogens is 178 g/mol. The summed E-state index contributed by atoms with van der Waals surface area (Å²) in [5.74, 6) is 1.02. The SMILES string of the molecule is CCCN(C)c1c(CO)c(C)nn1C. The molecule has 0 saturated carbocycles. The van der Waals surface area contributed by atoms with E-state index in [0.29, 0.717) is 0 Å². The topological polar surface area (TPSA) is 41.3 Å². The molecular formula is C10H19N3O. The number of aliphatic hydroxyl groups is 1. The highest BCUT2D eigenvalue weighted by molar-refractivity contribution is 5.49. The van der Waals surface area contributed by atoms with Gasteiger partial charge in [0.05, 0.1) is 12.3 Å². The van der Waals surface area contributed by atoms with Crippen molar-refractivity contribution in [3.05, 3.63) is 11.3 Å². The van der Waals surface area contributed by atoms with Gasteiger partial charge in [-0.25, -0.2) is 0 Å². The zero-order valence-electron chi connectivity index (χ0n) is 9.41. The van der Waals surface area contributed by atoms with E-state index in [1.165, 1.54) is 0 Å². The maximum absolute atomic E-state index is 9.25. The Kier molecular flexibility index (Phi) is 3.52. The largest absolute Gasteiger partial charge is 0.391 e. The fourth-order valence-electron chi connectivity index (χ4n) is 1.79. The van der Waals surface area contributed by atoms with Crippen LogP contribution in [0.5, 0.6) is 0 Å². The molecule has 0 aliphatic carbocycles. The minimum Gasteiger partial charge on any atom is -0.391 e. The highest BCUT2D eigenvalue weighted by Gasteiger charge is 2.15. The Morgan fingerprint density at radius 2 is 2.14 bits per heavy atom. The Morgan fingerprint density at radius 3 is 2.64 bits per heavy atom. The predicted molar refractivity (Wildman–Crippen MR) is 57.4 cm³/mol. The van der Waals surface area contributed by atoms with Gasteiger partial charge in [-0.15, -0.1) is 0 Å². The first-order valence-electron chi connectivity index (χ1n) is 4.96. The van der Waals surface area contributed by atoms with Gasteiger partial charge in [-0.1, -0.05) is 6.92 Å². The third-order valence-electron chi connectivity index (χ3n) is 2.39. The molecule has 0 amide bonds. The first-order chi connectivity index (χ1) is 6.61. The predicted octanol–water partition coefficient (Wildman–Crippen LogP) is 1.07. The second-order valence-electron chi connectivity index (χ2n) is 3.59. The number of hydrogen-bond donors (Lipinski definition) is 1. The molecule has 0 fully saturated rings. The molecule has 14 heavy (non-hydrogen) atoms. The zero-order chi connectivity index (χ0) is 10.7. The van der Waals surface area contributed by atoms with Gasteiger partial charge in [-0.3, -0.25) is 4.68 Å². The summed E-state index contributed by atoms with van der Waals surface area (Å²) in [6.45, 7) is 5.10. The first kappa shape index (κ1) is 11.0. The van der Waals surface area contributed by atoms with Crippen LogP contribution in [0.15, 0.2) is 0 Å². The fourth-order valence-corrected chi connectivity index (χ4v) is 1.79. The number of hydrogen-bond acceptors (Lipinski definition) is 3. The van der Waals surface area contributed by atoms with Crippen molar-refractivity contribution < 1.29 is 5.11 Å². The second-order valence-corrected chi connectivity index (χ2v) is 3.59. The van der Waals surface area contributed by atoms with E-state index < -0.39 is 0 Å². The van der Waals surface area contributed by atoms with Crippen LogP contribution in [0.3, 0.4) is 0 Å². The lowest BCUT2D eigenvalue weighted by Crippen LogP contribution is -2.21. The number of aryl methyl sites for hydroxylation is 2. The molecule has 0 aliphatic heterocycles. The summed E-state index contributed by atoms with van der Waals surface area (Å²) >= 11 is 0. The lowest BCUT2D eigenvalue weighted by Gasteiger charge is -2.19. The standard InChI is InChI=1S/C10H19N3O/c1-5-6-12(3)10-9(7-14)8(2)11-13(10)4/h14H,5-7H2,1-4H3. The first-order valence-corrected chi connectivity index (χ1v) is 4.96. The van der Waals surface area contributed by atoms with Crippen LogP contribution >= 0.6 is 0 Å². The zero-order valence-corrected chi connectivity index (χ0v) is 9.41. The molecule has 1 heterocycles. The van der Waals surface area contributed by atoms with Crippen molar-refractivity contribution in [1.29, 1.82) is 0 Å². The highest BCUT2D eigenvalue weighted by Crippen LogP contribution is 2.21. The van der Waals surface area contributed by atoms with Gasteiger partial charge in [0.1, 0.15) is 5.82 Å². The third kappa shape index (κ3) is 1.90. The molecule has 4 heteroatoms. The maximum Gasteiger partial charge on any atom is 0.132 e. The van der Waals surface area contributed by atoms with Crippen LogP contribution < -0.4 is 4.90 Å². The second kappa shape index (κ2) is 4.46. The van der Waals surface area contributed by atoms with Crippen LogP contribution in [0, 0.1) is 6.92 Å². The van der Waals surface area contributed by atoms with Crippen LogP contribution in [-0.2, 0) is 13.7 Å². The molecule has 0 aromatic carbocycles. The van der Waals surface area contributed by atoms with Gasteiger partial charge >= 0.3 is 0 Å². The van der Waals surface area contributed by atoms with Crippen molar-refractivity contribution in [2.75, 3.05) is 18.5 Å². The molecule has 1 rings (SSSR count). The molecule has 0 radical (unpaired) electrons. The summed E-state index contributed by atoms with van der Waals surface area (Å²) in [5.41, 5.74) is 1.84. The molecule has 1 N–H and O–H groups in total. The third-order valence-corrected chi connectivity index (χ3v) is 2.39. The van der Waals surface area contributed by atoms with Crippen molar-refractivity contribution in [2.45, 2.75) is 26.9 Å². The van der Waals surface area contributed by atoms with E-state index in [1.807, 2.05) is 25.7 Å². The van der Waals surface area contributed by atoms with Crippen LogP contribution in [-0.4, -0.2) is 28.5 Å². The number of nitrogens with zero attached hydrogens (tertiary/aromatic N) is 3. The highest BCUT2D eigenvalue weighted by atomic mass is 16.3. The van der Waals surface area contributed by atoms with E-state index in [0.717, 1.165) is 30.0 Å².